The van der Waals surface area contributed by atoms with E-state index < -0.39 is 18.1 Å². The molecule has 172 valence electrons. The van der Waals surface area contributed by atoms with E-state index in [1.165, 1.54) is 7.11 Å². The van der Waals surface area contributed by atoms with E-state index in [0.717, 1.165) is 43.2 Å². The smallest absolute Gasteiger partial charge is 0.407 e. The number of esters is 1. The van der Waals surface area contributed by atoms with Crippen LogP contribution < -0.4 is 5.32 Å². The molecule has 0 fully saturated rings. The molecule has 0 bridgehead atoms. The Morgan fingerprint density at radius 3 is 2.38 bits per heavy atom. The molecule has 1 amide bonds. The molecule has 1 aliphatic carbocycles. The van der Waals surface area contributed by atoms with Crippen molar-refractivity contribution in [1.82, 2.24) is 10.3 Å². The molecule has 7 heteroatoms. The average molecular weight is 519 g/mol. The van der Waals surface area contributed by atoms with Crippen molar-refractivity contribution in [3.8, 4) is 11.1 Å². The van der Waals surface area contributed by atoms with Gasteiger partial charge in [-0.3, -0.25) is 0 Å². The molecule has 4 aromatic rings. The Balaban J connectivity index is 1.37. The molecular formula is C27H23BrN2O4. The number of alkyl carbamates (subject to hydrolysis) is 1. The topological polar surface area (TPSA) is 80.4 Å². The standard InChI is InChI=1S/C27H23BrN2O4/c1-33-27(32)30-25(12-16-14-29-24-11-10-17(28)13-22(16)24)26(31)34-15-23-20-8-4-2-6-18(20)19-7-3-5-9-21(19)23/h2-11,13-14,23,25,29H,12,15H2,1H3,(H,30,32)/t25-/m0/s1. The number of H-pyrrole nitrogens is 1. The minimum absolute atomic E-state index is 0.0563. The third kappa shape index (κ3) is 4.19. The highest BCUT2D eigenvalue weighted by Gasteiger charge is 2.31. The van der Waals surface area contributed by atoms with Gasteiger partial charge in [0.1, 0.15) is 12.6 Å². The monoisotopic (exact) mass is 518 g/mol. The number of methoxy groups -OCH3 is 1. The maximum Gasteiger partial charge on any atom is 0.407 e. The third-order valence-corrected chi connectivity index (χ3v) is 6.76. The fourth-order valence-electron chi connectivity index (χ4n) is 4.64. The average Bonchev–Trinajstić information content (AvgIpc) is 3.40. The SMILES string of the molecule is COC(=O)N[C@@H](Cc1c[nH]c2ccc(Br)cc12)C(=O)OCC1c2ccccc2-c2ccccc21. The van der Waals surface area contributed by atoms with E-state index in [1.54, 1.807) is 0 Å². The zero-order valence-electron chi connectivity index (χ0n) is 18.5. The van der Waals surface area contributed by atoms with Gasteiger partial charge in [0, 0.05) is 33.9 Å². The van der Waals surface area contributed by atoms with Gasteiger partial charge in [-0.05, 0) is 46.0 Å². The van der Waals surface area contributed by atoms with Crippen molar-refractivity contribution in [3.63, 3.8) is 0 Å². The van der Waals surface area contributed by atoms with Gasteiger partial charge in [-0.25, -0.2) is 9.59 Å². The van der Waals surface area contributed by atoms with Gasteiger partial charge < -0.3 is 19.8 Å². The molecule has 6 nitrogen and oxygen atoms in total. The number of aromatic amines is 1. The van der Waals surface area contributed by atoms with Gasteiger partial charge in [0.15, 0.2) is 0 Å². The first-order valence-corrected chi connectivity index (χ1v) is 11.8. The zero-order valence-corrected chi connectivity index (χ0v) is 20.1. The van der Waals surface area contributed by atoms with E-state index in [4.69, 9.17) is 9.47 Å². The highest BCUT2D eigenvalue weighted by atomic mass is 79.9. The molecule has 1 aromatic heterocycles. The van der Waals surface area contributed by atoms with Crippen LogP contribution in [0.3, 0.4) is 0 Å². The number of nitrogens with one attached hydrogen (secondary N) is 2. The van der Waals surface area contributed by atoms with Crippen LogP contribution in [0.2, 0.25) is 0 Å². The predicted molar refractivity (Wildman–Crippen MR) is 134 cm³/mol. The summed E-state index contributed by atoms with van der Waals surface area (Å²) in [4.78, 5) is 28.4. The molecule has 3 aromatic carbocycles. The van der Waals surface area contributed by atoms with Crippen LogP contribution in [-0.4, -0.2) is 36.8 Å². The summed E-state index contributed by atoms with van der Waals surface area (Å²) in [6, 6.07) is 21.3. The summed E-state index contributed by atoms with van der Waals surface area (Å²) in [5.74, 6) is -0.559. The van der Waals surface area contributed by atoms with Crippen LogP contribution in [0.4, 0.5) is 4.79 Å². The Morgan fingerprint density at radius 2 is 1.71 bits per heavy atom. The minimum Gasteiger partial charge on any atom is -0.463 e. The normalized spacial score (nSPS) is 13.2. The van der Waals surface area contributed by atoms with Gasteiger partial charge in [-0.1, -0.05) is 64.5 Å². The molecule has 34 heavy (non-hydrogen) atoms. The molecule has 5 rings (SSSR count). The van der Waals surface area contributed by atoms with Crippen molar-refractivity contribution in [1.29, 1.82) is 0 Å². The first kappa shape index (κ1) is 22.2. The number of benzene rings is 3. The van der Waals surface area contributed by atoms with Crippen LogP contribution in [0, 0.1) is 0 Å². The predicted octanol–water partition coefficient (Wildman–Crippen LogP) is 5.55. The lowest BCUT2D eigenvalue weighted by Gasteiger charge is -2.19. The summed E-state index contributed by atoms with van der Waals surface area (Å²) in [7, 11) is 1.27. The maximum atomic E-state index is 13.2. The number of ether oxygens (including phenoxy) is 2. The number of carbonyl (C=O) groups excluding carboxylic acids is 2. The minimum atomic E-state index is -0.891. The molecule has 0 radical (unpaired) electrons. The Kier molecular flexibility index (Phi) is 6.11. The van der Waals surface area contributed by atoms with Crippen LogP contribution in [0.1, 0.15) is 22.6 Å². The molecular weight excluding hydrogens is 496 g/mol. The molecule has 1 atom stereocenters. The fourth-order valence-corrected chi connectivity index (χ4v) is 5.00. The lowest BCUT2D eigenvalue weighted by molar-refractivity contribution is -0.146. The summed E-state index contributed by atoms with van der Waals surface area (Å²) < 4.78 is 11.5. The lowest BCUT2D eigenvalue weighted by Crippen LogP contribution is -2.43. The number of carbonyl (C=O) groups is 2. The maximum absolute atomic E-state index is 13.2. The number of hydrogen-bond donors (Lipinski definition) is 2. The van der Waals surface area contributed by atoms with E-state index in [0.29, 0.717) is 0 Å². The van der Waals surface area contributed by atoms with Crippen molar-refractivity contribution >= 4 is 38.9 Å². The third-order valence-electron chi connectivity index (χ3n) is 6.27. The molecule has 0 saturated carbocycles. The highest BCUT2D eigenvalue weighted by Crippen LogP contribution is 2.44. The molecule has 1 heterocycles. The molecule has 0 spiro atoms. The second kappa shape index (κ2) is 9.35. The molecule has 0 unspecified atom stereocenters. The van der Waals surface area contributed by atoms with Crippen molar-refractivity contribution in [3.05, 3.63) is 94.1 Å². The summed E-state index contributed by atoms with van der Waals surface area (Å²) in [6.45, 7) is 0.186. The van der Waals surface area contributed by atoms with Crippen LogP contribution in [0.15, 0.2) is 77.4 Å². The Bertz CT molecular complexity index is 1330. The van der Waals surface area contributed by atoms with Crippen molar-refractivity contribution in [2.45, 2.75) is 18.4 Å². The Hall–Kier alpha value is -3.58. The second-order valence-electron chi connectivity index (χ2n) is 8.25. The Labute approximate surface area is 205 Å². The largest absolute Gasteiger partial charge is 0.463 e. The van der Waals surface area contributed by atoms with Gasteiger partial charge >= 0.3 is 12.1 Å². The van der Waals surface area contributed by atoms with Crippen molar-refractivity contribution < 1.29 is 19.1 Å². The molecule has 0 saturated heterocycles. The van der Waals surface area contributed by atoms with Crippen molar-refractivity contribution in [2.75, 3.05) is 13.7 Å². The summed E-state index contributed by atoms with van der Waals surface area (Å²) in [6.07, 6.45) is 1.43. The van der Waals surface area contributed by atoms with Gasteiger partial charge in [0.2, 0.25) is 0 Å². The first-order chi connectivity index (χ1) is 16.5. The lowest BCUT2D eigenvalue weighted by atomic mass is 9.98. The number of aromatic nitrogens is 1. The quantitative estimate of drug-likeness (QED) is 0.327. The van der Waals surface area contributed by atoms with Crippen LogP contribution in [0.5, 0.6) is 0 Å². The number of rotatable bonds is 6. The molecule has 0 aliphatic heterocycles. The summed E-state index contributed by atoms with van der Waals surface area (Å²) in [5.41, 5.74) is 6.43. The van der Waals surface area contributed by atoms with E-state index in [9.17, 15) is 9.59 Å². The molecule has 1 aliphatic rings. The summed E-state index contributed by atoms with van der Waals surface area (Å²) in [5, 5.41) is 3.61. The van der Waals surface area contributed by atoms with Gasteiger partial charge in [-0.15, -0.1) is 0 Å². The summed E-state index contributed by atoms with van der Waals surface area (Å²) >= 11 is 3.49. The Morgan fingerprint density at radius 1 is 1.03 bits per heavy atom. The van der Waals surface area contributed by atoms with Gasteiger partial charge in [0.25, 0.3) is 0 Å². The number of hydrogen-bond acceptors (Lipinski definition) is 4. The first-order valence-electron chi connectivity index (χ1n) is 11.0. The van der Waals surface area contributed by atoms with Gasteiger partial charge in [-0.2, -0.15) is 0 Å². The van der Waals surface area contributed by atoms with Crippen LogP contribution in [-0.2, 0) is 20.7 Å². The van der Waals surface area contributed by atoms with Crippen molar-refractivity contribution in [2.24, 2.45) is 0 Å². The second-order valence-corrected chi connectivity index (χ2v) is 9.17. The number of fused-ring (bicyclic) bond motifs is 4. The highest BCUT2D eigenvalue weighted by molar-refractivity contribution is 9.10. The fraction of sp³-hybridized carbons (Fsp3) is 0.185. The van der Waals surface area contributed by atoms with E-state index in [2.05, 4.69) is 50.5 Å². The van der Waals surface area contributed by atoms with Crippen LogP contribution >= 0.6 is 15.9 Å². The zero-order chi connectivity index (χ0) is 23.7. The van der Waals surface area contributed by atoms with E-state index >= 15 is 0 Å². The number of amides is 1. The molecule has 2 N–H and O–H groups in total. The number of halogens is 1. The van der Waals surface area contributed by atoms with E-state index in [-0.39, 0.29) is 18.9 Å². The van der Waals surface area contributed by atoms with E-state index in [1.807, 2.05) is 48.7 Å². The van der Waals surface area contributed by atoms with Gasteiger partial charge in [0.05, 0.1) is 7.11 Å². The van der Waals surface area contributed by atoms with Crippen LogP contribution in [0.25, 0.3) is 22.0 Å².